The van der Waals surface area contributed by atoms with E-state index in [0.29, 0.717) is 0 Å². The molecule has 0 aliphatic carbocycles. The van der Waals surface area contributed by atoms with Gasteiger partial charge in [-0.3, -0.25) is 0 Å². The summed E-state index contributed by atoms with van der Waals surface area (Å²) in [6, 6.07) is 1.81. The van der Waals surface area contributed by atoms with Crippen LogP contribution >= 0.6 is 0 Å². The molecule has 1 aromatic rings. The van der Waals surface area contributed by atoms with Crippen LogP contribution in [0.4, 0.5) is 8.78 Å². The maximum absolute atomic E-state index is 13.5. The lowest BCUT2D eigenvalue weighted by molar-refractivity contribution is -0.0196. The molecule has 0 saturated carbocycles. The first kappa shape index (κ1) is 10.3. The fourth-order valence-electron chi connectivity index (χ4n) is 1.70. The molecule has 0 unspecified atom stereocenters. The second-order valence-electron chi connectivity index (χ2n) is 3.60. The minimum atomic E-state index is -1.29. The molecule has 0 radical (unpaired) electrons. The number of halogens is 2. The Balaban J connectivity index is 2.53. The van der Waals surface area contributed by atoms with E-state index < -0.39 is 17.2 Å². The Kier molecular flexibility index (Phi) is 2.36. The van der Waals surface area contributed by atoms with Crippen LogP contribution in [0.2, 0.25) is 0 Å². The Labute approximate surface area is 85.7 Å². The SMILES string of the molecule is COc1cc(F)cc(F)c1C1(O)CNC1. The van der Waals surface area contributed by atoms with Gasteiger partial charge < -0.3 is 15.2 Å². The predicted molar refractivity (Wildman–Crippen MR) is 49.7 cm³/mol. The van der Waals surface area contributed by atoms with E-state index >= 15 is 0 Å². The summed E-state index contributed by atoms with van der Waals surface area (Å²) in [5.74, 6) is -1.46. The zero-order chi connectivity index (χ0) is 11.1. The van der Waals surface area contributed by atoms with Crippen molar-refractivity contribution in [1.82, 2.24) is 5.32 Å². The van der Waals surface area contributed by atoms with Gasteiger partial charge in [-0.25, -0.2) is 8.78 Å². The molecule has 5 heteroatoms. The van der Waals surface area contributed by atoms with E-state index in [1.807, 2.05) is 0 Å². The van der Waals surface area contributed by atoms with Crippen LogP contribution in [-0.4, -0.2) is 25.3 Å². The van der Waals surface area contributed by atoms with Gasteiger partial charge in [0, 0.05) is 25.2 Å². The van der Waals surface area contributed by atoms with Gasteiger partial charge in [0.05, 0.1) is 12.7 Å². The third-order valence-electron chi connectivity index (χ3n) is 2.54. The highest BCUT2D eigenvalue weighted by Gasteiger charge is 2.41. The Morgan fingerprint density at radius 2 is 2.07 bits per heavy atom. The molecule has 2 N–H and O–H groups in total. The van der Waals surface area contributed by atoms with Gasteiger partial charge in [0.15, 0.2) is 0 Å². The van der Waals surface area contributed by atoms with Gasteiger partial charge in [-0.05, 0) is 0 Å². The molecule has 1 fully saturated rings. The molecule has 1 aliphatic heterocycles. The number of β-amino-alcohol motifs (C(OH)–C–C–N with tert-alkyl or cyclic N) is 1. The molecule has 1 aromatic carbocycles. The van der Waals surface area contributed by atoms with Gasteiger partial charge in [0.2, 0.25) is 0 Å². The van der Waals surface area contributed by atoms with Crippen molar-refractivity contribution < 1.29 is 18.6 Å². The summed E-state index contributed by atoms with van der Waals surface area (Å²) in [4.78, 5) is 0. The first-order chi connectivity index (χ1) is 7.07. The van der Waals surface area contributed by atoms with Crippen molar-refractivity contribution in [2.75, 3.05) is 20.2 Å². The first-order valence-corrected chi connectivity index (χ1v) is 4.53. The largest absolute Gasteiger partial charge is 0.496 e. The number of methoxy groups -OCH3 is 1. The van der Waals surface area contributed by atoms with Crippen LogP contribution in [0.3, 0.4) is 0 Å². The maximum Gasteiger partial charge on any atom is 0.136 e. The van der Waals surface area contributed by atoms with E-state index in [-0.39, 0.29) is 24.4 Å². The summed E-state index contributed by atoms with van der Waals surface area (Å²) in [7, 11) is 1.31. The quantitative estimate of drug-likeness (QED) is 0.765. The Hall–Kier alpha value is -1.20. The summed E-state index contributed by atoms with van der Waals surface area (Å²) in [5.41, 5.74) is -1.27. The summed E-state index contributed by atoms with van der Waals surface area (Å²) < 4.78 is 31.3. The third kappa shape index (κ3) is 1.57. The standard InChI is InChI=1S/C10H11F2NO2/c1-15-8-3-6(11)2-7(12)9(8)10(14)4-13-5-10/h2-3,13-14H,4-5H2,1H3. The second kappa shape index (κ2) is 3.43. The second-order valence-corrected chi connectivity index (χ2v) is 3.60. The van der Waals surface area contributed by atoms with Crippen LogP contribution in [0.25, 0.3) is 0 Å². The maximum atomic E-state index is 13.5. The lowest BCUT2D eigenvalue weighted by atomic mass is 9.87. The van der Waals surface area contributed by atoms with Crippen LogP contribution in [-0.2, 0) is 5.60 Å². The summed E-state index contributed by atoms with van der Waals surface area (Å²) in [5, 5.41) is 12.8. The van der Waals surface area contributed by atoms with Crippen LogP contribution in [0.15, 0.2) is 12.1 Å². The molecule has 1 saturated heterocycles. The van der Waals surface area contributed by atoms with Gasteiger partial charge >= 0.3 is 0 Å². The lowest BCUT2D eigenvalue weighted by Crippen LogP contribution is -2.57. The molecule has 15 heavy (non-hydrogen) atoms. The molecular formula is C10H11F2NO2. The van der Waals surface area contributed by atoms with Crippen LogP contribution in [0.1, 0.15) is 5.56 Å². The van der Waals surface area contributed by atoms with Crippen molar-refractivity contribution in [3.63, 3.8) is 0 Å². The minimum Gasteiger partial charge on any atom is -0.496 e. The zero-order valence-electron chi connectivity index (χ0n) is 8.18. The Morgan fingerprint density at radius 1 is 1.40 bits per heavy atom. The van der Waals surface area contributed by atoms with Gasteiger partial charge in [0.1, 0.15) is 23.0 Å². The van der Waals surface area contributed by atoms with Crippen molar-refractivity contribution in [3.8, 4) is 5.75 Å². The number of hydrogen-bond acceptors (Lipinski definition) is 3. The molecular weight excluding hydrogens is 204 g/mol. The smallest absolute Gasteiger partial charge is 0.136 e. The number of aliphatic hydroxyl groups is 1. The molecule has 0 bridgehead atoms. The number of hydrogen-bond donors (Lipinski definition) is 2. The topological polar surface area (TPSA) is 41.5 Å². The number of nitrogens with one attached hydrogen (secondary N) is 1. The van der Waals surface area contributed by atoms with Crippen LogP contribution in [0, 0.1) is 11.6 Å². The molecule has 82 valence electrons. The average molecular weight is 215 g/mol. The summed E-state index contributed by atoms with van der Waals surface area (Å²) >= 11 is 0. The van der Waals surface area contributed by atoms with E-state index in [1.54, 1.807) is 0 Å². The zero-order valence-corrected chi connectivity index (χ0v) is 8.18. The average Bonchev–Trinajstić information content (AvgIpc) is 2.13. The molecule has 0 spiro atoms. The highest BCUT2D eigenvalue weighted by molar-refractivity contribution is 5.41. The number of rotatable bonds is 2. The van der Waals surface area contributed by atoms with E-state index in [2.05, 4.69) is 5.32 Å². The highest BCUT2D eigenvalue weighted by Crippen LogP contribution is 2.35. The summed E-state index contributed by atoms with van der Waals surface area (Å²) in [6.07, 6.45) is 0. The fourth-order valence-corrected chi connectivity index (χ4v) is 1.70. The van der Waals surface area contributed by atoms with Gasteiger partial charge in [-0.15, -0.1) is 0 Å². The molecule has 1 heterocycles. The predicted octanol–water partition coefficient (Wildman–Crippen LogP) is 0.764. The number of benzene rings is 1. The highest BCUT2D eigenvalue weighted by atomic mass is 19.1. The van der Waals surface area contributed by atoms with Crippen molar-refractivity contribution in [1.29, 1.82) is 0 Å². The van der Waals surface area contributed by atoms with E-state index in [9.17, 15) is 13.9 Å². The van der Waals surface area contributed by atoms with Crippen molar-refractivity contribution >= 4 is 0 Å². The summed E-state index contributed by atoms with van der Waals surface area (Å²) in [6.45, 7) is 0.484. The molecule has 0 aromatic heterocycles. The van der Waals surface area contributed by atoms with Crippen molar-refractivity contribution in [3.05, 3.63) is 29.3 Å². The van der Waals surface area contributed by atoms with E-state index in [0.717, 1.165) is 12.1 Å². The van der Waals surface area contributed by atoms with Crippen molar-refractivity contribution in [2.24, 2.45) is 0 Å². The normalized spacial score (nSPS) is 18.4. The molecule has 3 nitrogen and oxygen atoms in total. The molecule has 2 rings (SSSR count). The van der Waals surface area contributed by atoms with Gasteiger partial charge in [0.25, 0.3) is 0 Å². The van der Waals surface area contributed by atoms with Gasteiger partial charge in [-0.2, -0.15) is 0 Å². The molecule has 0 atom stereocenters. The molecule has 1 aliphatic rings. The Morgan fingerprint density at radius 3 is 2.53 bits per heavy atom. The minimum absolute atomic E-state index is 0.0187. The Bertz CT molecular complexity index is 391. The van der Waals surface area contributed by atoms with E-state index in [4.69, 9.17) is 4.74 Å². The van der Waals surface area contributed by atoms with Gasteiger partial charge in [-0.1, -0.05) is 0 Å². The monoisotopic (exact) mass is 215 g/mol. The lowest BCUT2D eigenvalue weighted by Gasteiger charge is -2.38. The van der Waals surface area contributed by atoms with Crippen molar-refractivity contribution in [2.45, 2.75) is 5.60 Å². The van der Waals surface area contributed by atoms with E-state index in [1.165, 1.54) is 7.11 Å². The third-order valence-corrected chi connectivity index (χ3v) is 2.54. The van der Waals surface area contributed by atoms with Crippen LogP contribution < -0.4 is 10.1 Å². The van der Waals surface area contributed by atoms with Crippen LogP contribution in [0.5, 0.6) is 5.75 Å². The fraction of sp³-hybridized carbons (Fsp3) is 0.400. The first-order valence-electron chi connectivity index (χ1n) is 4.53. The number of ether oxygens (including phenoxy) is 1. The molecule has 0 amide bonds.